The molecular formula is C15H17BrFNO4. The molecule has 5 nitrogen and oxygen atoms in total. The Morgan fingerprint density at radius 1 is 1.41 bits per heavy atom. The molecule has 1 aromatic rings. The second-order valence-electron chi connectivity index (χ2n) is 5.31. The minimum absolute atomic E-state index is 0.193. The topological polar surface area (TPSA) is 56.8 Å². The maximum Gasteiger partial charge on any atom is 0.265 e. The minimum Gasteiger partial charge on any atom is -0.478 e. The molecule has 0 aromatic heterocycles. The highest BCUT2D eigenvalue weighted by molar-refractivity contribution is 9.10. The summed E-state index contributed by atoms with van der Waals surface area (Å²) >= 11 is 3.08. The van der Waals surface area contributed by atoms with Crippen LogP contribution < -0.4 is 10.1 Å². The Labute approximate surface area is 136 Å². The fourth-order valence-corrected chi connectivity index (χ4v) is 2.83. The number of hydrogen-bond acceptors (Lipinski definition) is 4. The maximum absolute atomic E-state index is 13.5. The number of carbonyl (C=O) groups is 1. The first-order chi connectivity index (χ1) is 10.6. The monoisotopic (exact) mass is 373 g/mol. The number of ether oxygens (including phenoxy) is 3. The van der Waals surface area contributed by atoms with Crippen LogP contribution in [0.2, 0.25) is 0 Å². The molecule has 0 bridgehead atoms. The number of carbonyl (C=O) groups excluding carboxylic acids is 1. The zero-order valence-electron chi connectivity index (χ0n) is 11.9. The predicted molar refractivity (Wildman–Crippen MR) is 81.3 cm³/mol. The molecule has 2 aliphatic heterocycles. The number of fused-ring (bicyclic) bond motifs is 1. The lowest BCUT2D eigenvalue weighted by molar-refractivity contribution is -0.166. The minimum atomic E-state index is -0.684. The SMILES string of the molecule is O=C1Nc2cc(Br)c(F)cc2OC1CCOC1CCCCO1. The van der Waals surface area contributed by atoms with E-state index in [9.17, 15) is 9.18 Å². The third-order valence-electron chi connectivity index (χ3n) is 3.66. The molecule has 1 N–H and O–H groups in total. The van der Waals surface area contributed by atoms with Crippen LogP contribution in [0.15, 0.2) is 16.6 Å². The third-order valence-corrected chi connectivity index (χ3v) is 4.27. The molecule has 2 heterocycles. The highest BCUT2D eigenvalue weighted by Gasteiger charge is 2.28. The van der Waals surface area contributed by atoms with E-state index >= 15 is 0 Å². The van der Waals surface area contributed by atoms with Crippen LogP contribution in [0, 0.1) is 5.82 Å². The molecule has 1 fully saturated rings. The summed E-state index contributed by atoms with van der Waals surface area (Å²) in [4.78, 5) is 12.0. The fraction of sp³-hybridized carbons (Fsp3) is 0.533. The summed E-state index contributed by atoms with van der Waals surface area (Å²) in [5.74, 6) is -0.348. The van der Waals surface area contributed by atoms with Gasteiger partial charge in [-0.2, -0.15) is 0 Å². The largest absolute Gasteiger partial charge is 0.478 e. The van der Waals surface area contributed by atoms with Gasteiger partial charge in [-0.1, -0.05) is 0 Å². The van der Waals surface area contributed by atoms with Crippen LogP contribution in [-0.2, 0) is 14.3 Å². The van der Waals surface area contributed by atoms with Gasteiger partial charge in [0.15, 0.2) is 12.4 Å². The van der Waals surface area contributed by atoms with E-state index in [0.717, 1.165) is 19.3 Å². The van der Waals surface area contributed by atoms with Crippen molar-refractivity contribution < 1.29 is 23.4 Å². The van der Waals surface area contributed by atoms with Crippen LogP contribution in [0.5, 0.6) is 5.75 Å². The summed E-state index contributed by atoms with van der Waals surface area (Å²) < 4.78 is 30.5. The van der Waals surface area contributed by atoms with E-state index in [1.165, 1.54) is 12.1 Å². The third kappa shape index (κ3) is 3.59. The van der Waals surface area contributed by atoms with E-state index in [4.69, 9.17) is 14.2 Å². The Hall–Kier alpha value is -1.18. The van der Waals surface area contributed by atoms with E-state index in [1.807, 2.05) is 0 Å². The van der Waals surface area contributed by atoms with E-state index in [0.29, 0.717) is 31.1 Å². The quantitative estimate of drug-likeness (QED) is 0.880. The van der Waals surface area contributed by atoms with Crippen molar-refractivity contribution in [2.45, 2.75) is 38.1 Å². The van der Waals surface area contributed by atoms with Crippen LogP contribution in [0.1, 0.15) is 25.7 Å². The molecule has 1 aromatic carbocycles. The molecule has 1 amide bonds. The molecule has 22 heavy (non-hydrogen) atoms. The average molecular weight is 374 g/mol. The molecule has 7 heteroatoms. The highest BCUT2D eigenvalue weighted by atomic mass is 79.9. The maximum atomic E-state index is 13.5. The van der Waals surface area contributed by atoms with Gasteiger partial charge in [-0.15, -0.1) is 0 Å². The molecule has 3 rings (SSSR count). The average Bonchev–Trinajstić information content (AvgIpc) is 2.51. The first-order valence-electron chi connectivity index (χ1n) is 7.33. The van der Waals surface area contributed by atoms with Gasteiger partial charge in [-0.3, -0.25) is 4.79 Å². The molecule has 0 aliphatic carbocycles. The van der Waals surface area contributed by atoms with Gasteiger partial charge in [-0.05, 0) is 41.3 Å². The van der Waals surface area contributed by atoms with Gasteiger partial charge >= 0.3 is 0 Å². The van der Waals surface area contributed by atoms with E-state index in [-0.39, 0.29) is 16.7 Å². The molecule has 0 spiro atoms. The smallest absolute Gasteiger partial charge is 0.265 e. The van der Waals surface area contributed by atoms with Gasteiger partial charge in [0.05, 0.1) is 16.8 Å². The number of nitrogens with one attached hydrogen (secondary N) is 1. The highest BCUT2D eigenvalue weighted by Crippen LogP contribution is 2.34. The predicted octanol–water partition coefficient (Wildman–Crippen LogP) is 3.22. The van der Waals surface area contributed by atoms with Crippen LogP contribution >= 0.6 is 15.9 Å². The first-order valence-corrected chi connectivity index (χ1v) is 8.12. The van der Waals surface area contributed by atoms with Crippen LogP contribution in [0.3, 0.4) is 0 Å². The van der Waals surface area contributed by atoms with Crippen molar-refractivity contribution in [1.82, 2.24) is 0 Å². The Kier molecular flexibility index (Phi) is 4.95. The zero-order valence-corrected chi connectivity index (χ0v) is 13.5. The normalized spacial score (nSPS) is 24.4. The number of halogens is 2. The molecule has 2 unspecified atom stereocenters. The summed E-state index contributed by atoms with van der Waals surface area (Å²) in [5, 5.41) is 2.72. The van der Waals surface area contributed by atoms with Gasteiger partial charge in [0.2, 0.25) is 0 Å². The Morgan fingerprint density at radius 2 is 2.27 bits per heavy atom. The van der Waals surface area contributed by atoms with Crippen molar-refractivity contribution in [3.8, 4) is 5.75 Å². The summed E-state index contributed by atoms with van der Waals surface area (Å²) in [6.07, 6.45) is 2.54. The summed E-state index contributed by atoms with van der Waals surface area (Å²) in [5.41, 5.74) is 0.464. The second-order valence-corrected chi connectivity index (χ2v) is 6.17. The van der Waals surface area contributed by atoms with Gasteiger partial charge in [0.25, 0.3) is 5.91 Å². The summed E-state index contributed by atoms with van der Waals surface area (Å²) in [6, 6.07) is 2.75. The van der Waals surface area contributed by atoms with Crippen molar-refractivity contribution in [3.05, 3.63) is 22.4 Å². The number of amides is 1. The number of benzene rings is 1. The van der Waals surface area contributed by atoms with Gasteiger partial charge in [0, 0.05) is 19.1 Å². The van der Waals surface area contributed by atoms with Crippen molar-refractivity contribution in [2.75, 3.05) is 18.5 Å². The van der Waals surface area contributed by atoms with Crippen LogP contribution in [0.25, 0.3) is 0 Å². The van der Waals surface area contributed by atoms with Crippen molar-refractivity contribution in [2.24, 2.45) is 0 Å². The van der Waals surface area contributed by atoms with Crippen molar-refractivity contribution >= 4 is 27.5 Å². The Morgan fingerprint density at radius 3 is 3.05 bits per heavy atom. The lowest BCUT2D eigenvalue weighted by Gasteiger charge is -2.27. The second kappa shape index (κ2) is 6.93. The standard InChI is InChI=1S/C15H17BrFNO4/c16-9-7-11-13(8-10(9)17)22-12(15(19)18-11)4-6-21-14-3-1-2-5-20-14/h7-8,12,14H,1-6H2,(H,18,19). The summed E-state index contributed by atoms with van der Waals surface area (Å²) in [7, 11) is 0. The Bertz CT molecular complexity index is 563. The van der Waals surface area contributed by atoms with E-state index < -0.39 is 11.9 Å². The zero-order chi connectivity index (χ0) is 15.5. The Balaban J connectivity index is 1.56. The molecule has 2 aliphatic rings. The van der Waals surface area contributed by atoms with E-state index in [2.05, 4.69) is 21.2 Å². The number of anilines is 1. The van der Waals surface area contributed by atoms with Gasteiger partial charge in [-0.25, -0.2) is 4.39 Å². The molecule has 2 atom stereocenters. The number of rotatable bonds is 4. The van der Waals surface area contributed by atoms with Crippen molar-refractivity contribution in [3.63, 3.8) is 0 Å². The molecular weight excluding hydrogens is 357 g/mol. The lowest BCUT2D eigenvalue weighted by atomic mass is 10.1. The van der Waals surface area contributed by atoms with Crippen LogP contribution in [-0.4, -0.2) is 31.5 Å². The van der Waals surface area contributed by atoms with Crippen LogP contribution in [0.4, 0.5) is 10.1 Å². The summed E-state index contributed by atoms with van der Waals surface area (Å²) in [6.45, 7) is 1.07. The van der Waals surface area contributed by atoms with Gasteiger partial charge < -0.3 is 19.5 Å². The van der Waals surface area contributed by atoms with Gasteiger partial charge in [0.1, 0.15) is 11.6 Å². The molecule has 120 valence electrons. The number of hydrogen-bond donors (Lipinski definition) is 1. The molecule has 0 radical (unpaired) electrons. The first kappa shape index (κ1) is 15.7. The molecule has 0 saturated carbocycles. The fourth-order valence-electron chi connectivity index (χ4n) is 2.48. The van der Waals surface area contributed by atoms with Crippen molar-refractivity contribution in [1.29, 1.82) is 0 Å². The lowest BCUT2D eigenvalue weighted by Crippen LogP contribution is -2.38. The molecule has 1 saturated heterocycles. The van der Waals surface area contributed by atoms with E-state index in [1.54, 1.807) is 0 Å².